The Labute approximate surface area is 108 Å². The number of hydrogen-bond donors (Lipinski definition) is 1. The minimum absolute atomic E-state index is 0.841. The predicted molar refractivity (Wildman–Crippen MR) is 72.8 cm³/mol. The molecule has 2 aromatic heterocycles. The lowest BCUT2D eigenvalue weighted by atomic mass is 10.2. The molecule has 96 valence electrons. The SMILES string of the molecule is CCCNCc1cccnc1-n1cnc(C)c1C. The summed E-state index contributed by atoms with van der Waals surface area (Å²) in [5, 5.41) is 3.41. The second-order valence-corrected chi connectivity index (χ2v) is 4.45. The van der Waals surface area contributed by atoms with Crippen LogP contribution in [0, 0.1) is 13.8 Å². The first kappa shape index (κ1) is 12.8. The summed E-state index contributed by atoms with van der Waals surface area (Å²) in [6.45, 7) is 8.12. The molecule has 2 heterocycles. The van der Waals surface area contributed by atoms with Gasteiger partial charge < -0.3 is 5.32 Å². The lowest BCUT2D eigenvalue weighted by molar-refractivity contribution is 0.670. The van der Waals surface area contributed by atoms with Gasteiger partial charge in [0, 0.05) is 24.0 Å². The van der Waals surface area contributed by atoms with Crippen LogP contribution in [-0.4, -0.2) is 21.1 Å². The predicted octanol–water partition coefficient (Wildman–Crippen LogP) is 2.38. The summed E-state index contributed by atoms with van der Waals surface area (Å²) in [6, 6.07) is 4.09. The van der Waals surface area contributed by atoms with Crippen LogP contribution in [0.4, 0.5) is 0 Å². The third-order valence-corrected chi connectivity index (χ3v) is 3.09. The summed E-state index contributed by atoms with van der Waals surface area (Å²) in [5.41, 5.74) is 3.39. The second-order valence-electron chi connectivity index (χ2n) is 4.45. The number of rotatable bonds is 5. The zero-order valence-corrected chi connectivity index (χ0v) is 11.3. The Bertz CT molecular complexity index is 516. The smallest absolute Gasteiger partial charge is 0.142 e. The molecule has 0 unspecified atom stereocenters. The molecule has 1 N–H and O–H groups in total. The van der Waals surface area contributed by atoms with Crippen molar-refractivity contribution in [3.8, 4) is 5.82 Å². The average Bonchev–Trinajstić information content (AvgIpc) is 2.71. The van der Waals surface area contributed by atoms with Crippen LogP contribution in [0.2, 0.25) is 0 Å². The quantitative estimate of drug-likeness (QED) is 0.821. The van der Waals surface area contributed by atoms with Crippen molar-refractivity contribution in [3.63, 3.8) is 0 Å². The van der Waals surface area contributed by atoms with Crippen LogP contribution in [0.3, 0.4) is 0 Å². The molecule has 0 saturated heterocycles. The van der Waals surface area contributed by atoms with Gasteiger partial charge in [-0.3, -0.25) is 4.57 Å². The van der Waals surface area contributed by atoms with E-state index in [2.05, 4.69) is 39.8 Å². The summed E-state index contributed by atoms with van der Waals surface area (Å²) in [5.74, 6) is 0.971. The lowest BCUT2D eigenvalue weighted by Crippen LogP contribution is -2.16. The summed E-state index contributed by atoms with van der Waals surface area (Å²) in [7, 11) is 0. The van der Waals surface area contributed by atoms with Crippen LogP contribution < -0.4 is 5.32 Å². The topological polar surface area (TPSA) is 42.7 Å². The highest BCUT2D eigenvalue weighted by molar-refractivity contribution is 5.36. The van der Waals surface area contributed by atoms with Gasteiger partial charge in [-0.15, -0.1) is 0 Å². The van der Waals surface area contributed by atoms with Crippen molar-refractivity contribution >= 4 is 0 Å². The zero-order chi connectivity index (χ0) is 13.0. The van der Waals surface area contributed by atoms with Crippen molar-refractivity contribution in [1.29, 1.82) is 0 Å². The molecule has 2 aromatic rings. The first-order valence-electron chi connectivity index (χ1n) is 6.39. The van der Waals surface area contributed by atoms with E-state index in [0.717, 1.165) is 36.7 Å². The van der Waals surface area contributed by atoms with Gasteiger partial charge in [-0.25, -0.2) is 9.97 Å². The van der Waals surface area contributed by atoms with Crippen LogP contribution in [0.1, 0.15) is 30.3 Å². The van der Waals surface area contributed by atoms with E-state index in [0.29, 0.717) is 0 Å². The third-order valence-electron chi connectivity index (χ3n) is 3.09. The maximum absolute atomic E-state index is 4.48. The molecule has 0 fully saturated rings. The molecule has 4 heteroatoms. The summed E-state index contributed by atoms with van der Waals surface area (Å²) in [4.78, 5) is 8.82. The van der Waals surface area contributed by atoms with Gasteiger partial charge in [-0.05, 0) is 32.9 Å². The maximum atomic E-state index is 4.48. The summed E-state index contributed by atoms with van der Waals surface area (Å²) < 4.78 is 2.05. The summed E-state index contributed by atoms with van der Waals surface area (Å²) in [6.07, 6.45) is 4.81. The van der Waals surface area contributed by atoms with Crippen LogP contribution in [-0.2, 0) is 6.54 Å². The van der Waals surface area contributed by atoms with Gasteiger partial charge in [0.15, 0.2) is 0 Å². The van der Waals surface area contributed by atoms with E-state index in [-0.39, 0.29) is 0 Å². The Balaban J connectivity index is 2.30. The minimum atomic E-state index is 0.841. The molecule has 0 aliphatic rings. The van der Waals surface area contributed by atoms with Crippen LogP contribution >= 0.6 is 0 Å². The van der Waals surface area contributed by atoms with Gasteiger partial charge in [0.1, 0.15) is 12.1 Å². The number of aromatic nitrogens is 3. The molecule has 0 aliphatic carbocycles. The normalized spacial score (nSPS) is 10.8. The largest absolute Gasteiger partial charge is 0.313 e. The van der Waals surface area contributed by atoms with Gasteiger partial charge in [0.05, 0.1) is 5.69 Å². The number of aryl methyl sites for hydroxylation is 1. The maximum Gasteiger partial charge on any atom is 0.142 e. The fourth-order valence-electron chi connectivity index (χ4n) is 1.90. The van der Waals surface area contributed by atoms with E-state index in [1.165, 1.54) is 5.56 Å². The van der Waals surface area contributed by atoms with Crippen molar-refractivity contribution in [2.75, 3.05) is 6.54 Å². The van der Waals surface area contributed by atoms with Crippen molar-refractivity contribution in [2.24, 2.45) is 0 Å². The van der Waals surface area contributed by atoms with Gasteiger partial charge in [-0.2, -0.15) is 0 Å². The molecular formula is C14H20N4. The Morgan fingerprint density at radius 3 is 2.78 bits per heavy atom. The number of nitrogens with one attached hydrogen (secondary N) is 1. The third kappa shape index (κ3) is 2.59. The minimum Gasteiger partial charge on any atom is -0.313 e. The van der Waals surface area contributed by atoms with Crippen molar-refractivity contribution < 1.29 is 0 Å². The number of nitrogens with zero attached hydrogens (tertiary/aromatic N) is 3. The average molecular weight is 244 g/mol. The molecule has 0 bridgehead atoms. The highest BCUT2D eigenvalue weighted by atomic mass is 15.1. The monoisotopic (exact) mass is 244 g/mol. The fourth-order valence-corrected chi connectivity index (χ4v) is 1.90. The Hall–Kier alpha value is -1.68. The van der Waals surface area contributed by atoms with Crippen LogP contribution in [0.5, 0.6) is 0 Å². The number of pyridine rings is 1. The van der Waals surface area contributed by atoms with E-state index in [1.54, 1.807) is 0 Å². The van der Waals surface area contributed by atoms with E-state index >= 15 is 0 Å². The van der Waals surface area contributed by atoms with E-state index in [1.807, 2.05) is 25.5 Å². The Morgan fingerprint density at radius 1 is 1.28 bits per heavy atom. The second kappa shape index (κ2) is 5.78. The van der Waals surface area contributed by atoms with Crippen LogP contribution in [0.25, 0.3) is 5.82 Å². The van der Waals surface area contributed by atoms with Crippen molar-refractivity contribution in [1.82, 2.24) is 19.9 Å². The molecule has 0 radical (unpaired) electrons. The molecule has 0 spiro atoms. The van der Waals surface area contributed by atoms with Crippen molar-refractivity contribution in [2.45, 2.75) is 33.7 Å². The molecule has 4 nitrogen and oxygen atoms in total. The van der Waals surface area contributed by atoms with E-state index in [4.69, 9.17) is 0 Å². The number of imidazole rings is 1. The standard InChI is InChI=1S/C14H20N4/c1-4-7-15-9-13-6-5-8-16-14(13)18-10-17-11(2)12(18)3/h5-6,8,10,15H,4,7,9H2,1-3H3. The molecular weight excluding hydrogens is 224 g/mol. The molecule has 0 aromatic carbocycles. The van der Waals surface area contributed by atoms with E-state index < -0.39 is 0 Å². The molecule has 18 heavy (non-hydrogen) atoms. The van der Waals surface area contributed by atoms with Crippen molar-refractivity contribution in [3.05, 3.63) is 41.6 Å². The molecule has 2 rings (SSSR count). The Morgan fingerprint density at radius 2 is 2.11 bits per heavy atom. The molecule has 0 amide bonds. The number of hydrogen-bond acceptors (Lipinski definition) is 3. The molecule has 0 atom stereocenters. The zero-order valence-electron chi connectivity index (χ0n) is 11.3. The van der Waals surface area contributed by atoms with Gasteiger partial charge in [-0.1, -0.05) is 13.0 Å². The van der Waals surface area contributed by atoms with Crippen LogP contribution in [0.15, 0.2) is 24.7 Å². The van der Waals surface area contributed by atoms with Gasteiger partial charge >= 0.3 is 0 Å². The highest BCUT2D eigenvalue weighted by Gasteiger charge is 2.09. The van der Waals surface area contributed by atoms with Gasteiger partial charge in [0.25, 0.3) is 0 Å². The van der Waals surface area contributed by atoms with E-state index in [9.17, 15) is 0 Å². The molecule has 0 aliphatic heterocycles. The first-order valence-corrected chi connectivity index (χ1v) is 6.39. The summed E-state index contributed by atoms with van der Waals surface area (Å²) >= 11 is 0. The Kier molecular flexibility index (Phi) is 4.10. The lowest BCUT2D eigenvalue weighted by Gasteiger charge is -2.11. The first-order chi connectivity index (χ1) is 8.74. The highest BCUT2D eigenvalue weighted by Crippen LogP contribution is 2.15. The fraction of sp³-hybridized carbons (Fsp3) is 0.429. The molecule has 0 saturated carbocycles. The van der Waals surface area contributed by atoms with Gasteiger partial charge in [0.2, 0.25) is 0 Å².